The number of carbonyl (C=O) groups excluding carboxylic acids is 1. The van der Waals surface area contributed by atoms with Gasteiger partial charge in [0.2, 0.25) is 0 Å². The average Bonchev–Trinajstić information content (AvgIpc) is 3.10. The fourth-order valence-electron chi connectivity index (χ4n) is 2.79. The van der Waals surface area contributed by atoms with E-state index in [0.717, 1.165) is 41.6 Å². The van der Waals surface area contributed by atoms with Crippen molar-refractivity contribution in [3.63, 3.8) is 0 Å². The number of aryl methyl sites for hydroxylation is 2. The Kier molecular flexibility index (Phi) is 5.20. The lowest BCUT2D eigenvalue weighted by atomic mass is 9.87. The van der Waals surface area contributed by atoms with Gasteiger partial charge in [0.25, 0.3) is 5.91 Å². The van der Waals surface area contributed by atoms with E-state index in [1.807, 2.05) is 26.1 Å². The minimum Gasteiger partial charge on any atom is -0.317 e. The van der Waals surface area contributed by atoms with Gasteiger partial charge < -0.3 is 10.6 Å². The van der Waals surface area contributed by atoms with Crippen LogP contribution in [0.4, 0.5) is 5.00 Å². The topological polar surface area (TPSA) is 71.8 Å². The van der Waals surface area contributed by atoms with Gasteiger partial charge in [0.15, 0.2) is 0 Å². The van der Waals surface area contributed by atoms with Gasteiger partial charge >= 0.3 is 0 Å². The first-order valence-electron chi connectivity index (χ1n) is 7.08. The molecule has 0 spiro atoms. The molecule has 2 aromatic rings. The third-order valence-corrected chi connectivity index (χ3v) is 4.92. The van der Waals surface area contributed by atoms with Gasteiger partial charge in [-0.15, -0.1) is 23.7 Å². The fourth-order valence-corrected chi connectivity index (χ4v) is 3.60. The molecule has 0 atom stereocenters. The molecule has 0 bridgehead atoms. The summed E-state index contributed by atoms with van der Waals surface area (Å²) in [5.74, 6) is -0.000509. The van der Waals surface area contributed by atoms with E-state index in [-0.39, 0.29) is 18.3 Å². The number of nitrogens with one attached hydrogen (secondary N) is 2. The maximum atomic E-state index is 12.9. The first-order valence-corrected chi connectivity index (χ1v) is 7.90. The van der Waals surface area contributed by atoms with Crippen molar-refractivity contribution in [1.82, 2.24) is 20.1 Å². The highest BCUT2D eigenvalue weighted by Gasteiger charge is 2.42. The second kappa shape index (κ2) is 6.76. The van der Waals surface area contributed by atoms with Gasteiger partial charge in [0, 0.05) is 12.4 Å². The van der Waals surface area contributed by atoms with E-state index in [0.29, 0.717) is 0 Å². The number of thiazole rings is 1. The lowest BCUT2D eigenvalue weighted by Gasteiger charge is -2.36. The number of anilines is 1. The molecular weight excluding hydrogens is 322 g/mol. The van der Waals surface area contributed by atoms with Gasteiger partial charge in [-0.3, -0.25) is 9.48 Å². The number of amides is 1. The summed E-state index contributed by atoms with van der Waals surface area (Å²) in [6, 6.07) is 1.86. The van der Waals surface area contributed by atoms with Crippen LogP contribution in [-0.2, 0) is 10.3 Å². The number of aromatic nitrogens is 3. The molecule has 0 aromatic carbocycles. The number of carbonyl (C=O) groups is 1. The maximum absolute atomic E-state index is 12.9. The summed E-state index contributed by atoms with van der Waals surface area (Å²) in [5.41, 5.74) is 0.259. The van der Waals surface area contributed by atoms with Gasteiger partial charge in [-0.2, -0.15) is 5.10 Å². The zero-order chi connectivity index (χ0) is 14.9. The van der Waals surface area contributed by atoms with E-state index in [4.69, 9.17) is 0 Å². The van der Waals surface area contributed by atoms with Crippen molar-refractivity contribution in [3.8, 4) is 0 Å². The molecule has 1 saturated heterocycles. The summed E-state index contributed by atoms with van der Waals surface area (Å²) < 4.78 is 1.80. The molecule has 1 fully saturated rings. The van der Waals surface area contributed by atoms with Gasteiger partial charge in [-0.1, -0.05) is 0 Å². The first kappa shape index (κ1) is 16.9. The van der Waals surface area contributed by atoms with E-state index < -0.39 is 5.54 Å². The van der Waals surface area contributed by atoms with E-state index in [2.05, 4.69) is 20.7 Å². The molecule has 2 aromatic heterocycles. The monoisotopic (exact) mass is 341 g/mol. The molecule has 8 heteroatoms. The Morgan fingerprint density at radius 2 is 2.14 bits per heavy atom. The molecule has 3 heterocycles. The van der Waals surface area contributed by atoms with Crippen LogP contribution in [-0.4, -0.2) is 33.8 Å². The van der Waals surface area contributed by atoms with Crippen LogP contribution < -0.4 is 10.6 Å². The summed E-state index contributed by atoms with van der Waals surface area (Å²) in [5, 5.41) is 12.5. The normalized spacial score (nSPS) is 16.8. The SMILES string of the molecule is Cc1nc(C)c(NC(=O)C2(n3cccn3)CCNCC2)s1.Cl. The molecule has 1 aliphatic rings. The summed E-state index contributed by atoms with van der Waals surface area (Å²) in [4.78, 5) is 17.3. The van der Waals surface area contributed by atoms with Crippen molar-refractivity contribution in [1.29, 1.82) is 0 Å². The number of rotatable bonds is 3. The lowest BCUT2D eigenvalue weighted by Crippen LogP contribution is -2.52. The predicted molar refractivity (Wildman–Crippen MR) is 89.8 cm³/mol. The fraction of sp³-hybridized carbons (Fsp3) is 0.500. The van der Waals surface area contributed by atoms with Crippen LogP contribution in [0.3, 0.4) is 0 Å². The standard InChI is InChI=1S/C14H19N5OS.ClH/c1-10-12(21-11(2)17-10)18-13(20)14(4-7-15-8-5-14)19-9-3-6-16-19;/h3,6,9,15H,4-5,7-8H2,1-2H3,(H,18,20);1H. The smallest absolute Gasteiger partial charge is 0.253 e. The second-order valence-electron chi connectivity index (χ2n) is 5.33. The molecular formula is C14H20ClN5OS. The highest BCUT2D eigenvalue weighted by atomic mass is 35.5. The zero-order valence-electron chi connectivity index (χ0n) is 12.6. The summed E-state index contributed by atoms with van der Waals surface area (Å²) in [7, 11) is 0. The van der Waals surface area contributed by atoms with Gasteiger partial charge in [-0.05, 0) is 45.8 Å². The summed E-state index contributed by atoms with van der Waals surface area (Å²) in [6.45, 7) is 5.49. The number of piperidine rings is 1. The Labute approximate surface area is 139 Å². The van der Waals surface area contributed by atoms with Crippen LogP contribution >= 0.6 is 23.7 Å². The molecule has 0 saturated carbocycles. The van der Waals surface area contributed by atoms with Crippen molar-refractivity contribution in [3.05, 3.63) is 29.2 Å². The number of hydrogen-bond donors (Lipinski definition) is 2. The van der Waals surface area contributed by atoms with Crippen molar-refractivity contribution in [2.75, 3.05) is 18.4 Å². The molecule has 120 valence electrons. The summed E-state index contributed by atoms with van der Waals surface area (Å²) >= 11 is 1.51. The van der Waals surface area contributed by atoms with Gasteiger partial charge in [0.05, 0.1) is 10.7 Å². The Morgan fingerprint density at radius 3 is 2.68 bits per heavy atom. The van der Waals surface area contributed by atoms with Gasteiger partial charge in [-0.25, -0.2) is 4.98 Å². The van der Waals surface area contributed by atoms with Crippen molar-refractivity contribution in [2.24, 2.45) is 0 Å². The van der Waals surface area contributed by atoms with E-state index in [1.165, 1.54) is 11.3 Å². The molecule has 0 unspecified atom stereocenters. The van der Waals surface area contributed by atoms with E-state index in [1.54, 1.807) is 10.9 Å². The number of hydrogen-bond acceptors (Lipinski definition) is 5. The Bertz CT molecular complexity index is 634. The number of nitrogens with zero attached hydrogens (tertiary/aromatic N) is 3. The van der Waals surface area contributed by atoms with Crippen molar-refractivity contribution < 1.29 is 4.79 Å². The largest absolute Gasteiger partial charge is 0.317 e. The molecule has 0 aliphatic carbocycles. The quantitative estimate of drug-likeness (QED) is 0.896. The minimum absolute atomic E-state index is 0. The van der Waals surface area contributed by atoms with Crippen molar-refractivity contribution in [2.45, 2.75) is 32.2 Å². The van der Waals surface area contributed by atoms with Crippen LogP contribution in [0, 0.1) is 13.8 Å². The predicted octanol–water partition coefficient (Wildman–Crippen LogP) is 2.10. The molecule has 6 nitrogen and oxygen atoms in total. The second-order valence-corrected chi connectivity index (χ2v) is 6.54. The van der Waals surface area contributed by atoms with E-state index >= 15 is 0 Å². The Morgan fingerprint density at radius 1 is 1.41 bits per heavy atom. The van der Waals surface area contributed by atoms with Crippen LogP contribution in [0.2, 0.25) is 0 Å². The van der Waals surface area contributed by atoms with Crippen molar-refractivity contribution >= 4 is 34.7 Å². The average molecular weight is 342 g/mol. The Hall–Kier alpha value is -1.44. The molecule has 0 radical (unpaired) electrons. The molecule has 22 heavy (non-hydrogen) atoms. The lowest BCUT2D eigenvalue weighted by molar-refractivity contribution is -0.126. The molecule has 1 amide bonds. The van der Waals surface area contributed by atoms with Crippen LogP contribution in [0.5, 0.6) is 0 Å². The third-order valence-electron chi connectivity index (χ3n) is 3.93. The first-order chi connectivity index (χ1) is 10.1. The molecule has 2 N–H and O–H groups in total. The maximum Gasteiger partial charge on any atom is 0.253 e. The minimum atomic E-state index is -0.612. The number of halogens is 1. The van der Waals surface area contributed by atoms with Crippen LogP contribution in [0.1, 0.15) is 23.5 Å². The highest BCUT2D eigenvalue weighted by Crippen LogP contribution is 2.31. The van der Waals surface area contributed by atoms with Gasteiger partial charge in [0.1, 0.15) is 10.5 Å². The Balaban J connectivity index is 0.00000176. The molecule has 3 rings (SSSR count). The third kappa shape index (κ3) is 3.02. The van der Waals surface area contributed by atoms with Crippen LogP contribution in [0.15, 0.2) is 18.5 Å². The van der Waals surface area contributed by atoms with E-state index in [9.17, 15) is 4.79 Å². The summed E-state index contributed by atoms with van der Waals surface area (Å²) in [6.07, 6.45) is 5.06. The van der Waals surface area contributed by atoms with Crippen LogP contribution in [0.25, 0.3) is 0 Å². The molecule has 1 aliphatic heterocycles. The highest BCUT2D eigenvalue weighted by molar-refractivity contribution is 7.16. The zero-order valence-corrected chi connectivity index (χ0v) is 14.3.